The first-order chi connectivity index (χ1) is 8.03. The number of sulfonamides is 1. The van der Waals surface area contributed by atoms with Crippen molar-refractivity contribution in [3.8, 4) is 6.07 Å². The van der Waals surface area contributed by atoms with Gasteiger partial charge in [0.25, 0.3) is 0 Å². The smallest absolute Gasteiger partial charge is 0.408 e. The molecule has 2 aromatic rings. The Bertz CT molecular complexity index is 750. The fourth-order valence-electron chi connectivity index (χ4n) is 1.30. The zero-order valence-corrected chi connectivity index (χ0v) is 9.24. The van der Waals surface area contributed by atoms with Crippen molar-refractivity contribution < 1.29 is 12.8 Å². The number of hydrogen-bond donors (Lipinski definition) is 2. The highest BCUT2D eigenvalue weighted by Gasteiger charge is 2.14. The molecule has 8 heteroatoms. The number of nitrogens with zero attached hydrogens (tertiary/aromatic N) is 1. The van der Waals surface area contributed by atoms with Crippen LogP contribution in [-0.4, -0.2) is 19.9 Å². The van der Waals surface area contributed by atoms with Gasteiger partial charge in [0.1, 0.15) is 0 Å². The molecule has 0 saturated heterocycles. The van der Waals surface area contributed by atoms with Crippen LogP contribution in [0.15, 0.2) is 32.3 Å². The monoisotopic (exact) mass is 253 g/mol. The van der Waals surface area contributed by atoms with Gasteiger partial charge in [-0.3, -0.25) is 4.98 Å². The third-order valence-corrected chi connectivity index (χ3v) is 3.44. The van der Waals surface area contributed by atoms with Gasteiger partial charge in [-0.15, -0.1) is 0 Å². The highest BCUT2D eigenvalue weighted by Crippen LogP contribution is 2.16. The number of nitriles is 1. The first kappa shape index (κ1) is 11.4. The molecule has 1 aromatic heterocycles. The Kier molecular flexibility index (Phi) is 2.71. The van der Waals surface area contributed by atoms with Gasteiger partial charge in [0.05, 0.1) is 23.0 Å². The first-order valence-corrected chi connectivity index (χ1v) is 6.01. The van der Waals surface area contributed by atoms with E-state index < -0.39 is 15.8 Å². The fraction of sp³-hybridized carbons (Fsp3) is 0.111. The average molecular weight is 253 g/mol. The Hall–Kier alpha value is -2.11. The second-order valence-corrected chi connectivity index (χ2v) is 4.92. The standard InChI is InChI=1S/C9H7N3O4S/c10-3-4-11-17(14,15)6-1-2-7-8(5-6)16-9(13)12-7/h1-2,5,11H,4H2,(H,12,13). The predicted octanol–water partition coefficient (Wildman–Crippen LogP) is -0.0770. The Labute approximate surface area is 95.7 Å². The largest absolute Gasteiger partial charge is 0.417 e. The third kappa shape index (κ3) is 2.20. The lowest BCUT2D eigenvalue weighted by Gasteiger charge is -2.02. The maximum Gasteiger partial charge on any atom is 0.417 e. The summed E-state index contributed by atoms with van der Waals surface area (Å²) in [6.45, 7) is -0.322. The Balaban J connectivity index is 2.49. The molecule has 0 saturated carbocycles. The number of aromatic amines is 1. The van der Waals surface area contributed by atoms with Crippen molar-refractivity contribution in [2.45, 2.75) is 4.90 Å². The lowest BCUT2D eigenvalue weighted by atomic mass is 10.3. The molecule has 1 aromatic carbocycles. The van der Waals surface area contributed by atoms with Crippen molar-refractivity contribution in [1.29, 1.82) is 5.26 Å². The summed E-state index contributed by atoms with van der Waals surface area (Å²) in [5, 5.41) is 8.31. The number of rotatable bonds is 3. The van der Waals surface area contributed by atoms with Gasteiger partial charge in [-0.25, -0.2) is 13.2 Å². The minimum absolute atomic E-state index is 0.0667. The molecule has 0 atom stereocenters. The van der Waals surface area contributed by atoms with E-state index in [0.717, 1.165) is 0 Å². The Morgan fingerprint density at radius 1 is 1.47 bits per heavy atom. The molecular formula is C9H7N3O4S. The topological polar surface area (TPSA) is 116 Å². The maximum absolute atomic E-state index is 11.6. The summed E-state index contributed by atoms with van der Waals surface area (Å²) in [4.78, 5) is 13.2. The van der Waals surface area contributed by atoms with Crippen molar-refractivity contribution in [2.75, 3.05) is 6.54 Å². The molecule has 0 amide bonds. The molecule has 0 fully saturated rings. The highest BCUT2D eigenvalue weighted by molar-refractivity contribution is 7.89. The zero-order chi connectivity index (χ0) is 12.5. The molecule has 0 radical (unpaired) electrons. The molecule has 2 rings (SSSR count). The minimum atomic E-state index is -3.75. The van der Waals surface area contributed by atoms with Gasteiger partial charge in [0.2, 0.25) is 10.0 Å². The zero-order valence-electron chi connectivity index (χ0n) is 8.43. The van der Waals surface area contributed by atoms with E-state index in [1.807, 2.05) is 0 Å². The van der Waals surface area contributed by atoms with E-state index in [1.54, 1.807) is 6.07 Å². The van der Waals surface area contributed by atoms with Crippen LogP contribution in [0.2, 0.25) is 0 Å². The average Bonchev–Trinajstić information content (AvgIpc) is 2.65. The van der Waals surface area contributed by atoms with Crippen molar-refractivity contribution in [2.24, 2.45) is 0 Å². The highest BCUT2D eigenvalue weighted by atomic mass is 32.2. The molecule has 0 aliphatic carbocycles. The SMILES string of the molecule is N#CCNS(=O)(=O)c1ccc2[nH]c(=O)oc2c1. The van der Waals surface area contributed by atoms with E-state index in [0.29, 0.717) is 5.52 Å². The molecule has 0 unspecified atom stereocenters. The first-order valence-electron chi connectivity index (χ1n) is 4.52. The van der Waals surface area contributed by atoms with Crippen LogP contribution >= 0.6 is 0 Å². The van der Waals surface area contributed by atoms with Gasteiger partial charge in [-0.05, 0) is 12.1 Å². The van der Waals surface area contributed by atoms with Gasteiger partial charge in [-0.1, -0.05) is 0 Å². The van der Waals surface area contributed by atoms with Crippen molar-refractivity contribution >= 4 is 21.1 Å². The Morgan fingerprint density at radius 3 is 2.94 bits per heavy atom. The van der Waals surface area contributed by atoms with Crippen molar-refractivity contribution in [3.05, 3.63) is 28.7 Å². The summed E-state index contributed by atoms with van der Waals surface area (Å²) in [6.07, 6.45) is 0. The number of oxazole rings is 1. The quantitative estimate of drug-likeness (QED) is 0.742. The van der Waals surface area contributed by atoms with Crippen LogP contribution in [0.3, 0.4) is 0 Å². The van der Waals surface area contributed by atoms with Gasteiger partial charge in [-0.2, -0.15) is 9.98 Å². The molecule has 2 N–H and O–H groups in total. The minimum Gasteiger partial charge on any atom is -0.408 e. The second-order valence-electron chi connectivity index (χ2n) is 3.16. The van der Waals surface area contributed by atoms with Crippen LogP contribution in [0.25, 0.3) is 11.1 Å². The summed E-state index contributed by atoms with van der Waals surface area (Å²) in [5.74, 6) is -0.653. The van der Waals surface area contributed by atoms with Gasteiger partial charge < -0.3 is 4.42 Å². The molecule has 17 heavy (non-hydrogen) atoms. The second kappa shape index (κ2) is 4.04. The van der Waals surface area contributed by atoms with Crippen LogP contribution in [-0.2, 0) is 10.0 Å². The summed E-state index contributed by atoms with van der Waals surface area (Å²) in [5.41, 5.74) is 0.559. The summed E-state index contributed by atoms with van der Waals surface area (Å²) in [7, 11) is -3.75. The van der Waals surface area contributed by atoms with Crippen LogP contribution in [0.1, 0.15) is 0 Å². The van der Waals surface area contributed by atoms with E-state index in [2.05, 4.69) is 9.71 Å². The van der Waals surface area contributed by atoms with Crippen LogP contribution < -0.4 is 10.5 Å². The molecule has 0 aliphatic rings. The molecule has 0 aliphatic heterocycles. The fourth-order valence-corrected chi connectivity index (χ4v) is 2.23. The molecule has 0 spiro atoms. The number of nitrogens with one attached hydrogen (secondary N) is 2. The lowest BCUT2D eigenvalue weighted by Crippen LogP contribution is -2.23. The summed E-state index contributed by atoms with van der Waals surface area (Å²) < 4.78 is 30.1. The summed E-state index contributed by atoms with van der Waals surface area (Å²) in [6, 6.07) is 5.61. The van der Waals surface area contributed by atoms with E-state index in [4.69, 9.17) is 9.68 Å². The lowest BCUT2D eigenvalue weighted by molar-refractivity contribution is 0.553. The van der Waals surface area contributed by atoms with E-state index in [-0.39, 0.29) is 17.0 Å². The third-order valence-electron chi connectivity index (χ3n) is 2.04. The van der Waals surface area contributed by atoms with E-state index >= 15 is 0 Å². The molecular weight excluding hydrogens is 246 g/mol. The summed E-state index contributed by atoms with van der Waals surface area (Å²) >= 11 is 0. The van der Waals surface area contributed by atoms with Crippen molar-refractivity contribution in [3.63, 3.8) is 0 Å². The number of fused-ring (bicyclic) bond motifs is 1. The number of benzene rings is 1. The maximum atomic E-state index is 11.6. The molecule has 7 nitrogen and oxygen atoms in total. The predicted molar refractivity (Wildman–Crippen MR) is 57.6 cm³/mol. The van der Waals surface area contributed by atoms with E-state index in [1.165, 1.54) is 18.2 Å². The van der Waals surface area contributed by atoms with Gasteiger partial charge in [0.15, 0.2) is 5.58 Å². The Morgan fingerprint density at radius 2 is 2.24 bits per heavy atom. The molecule has 1 heterocycles. The number of H-pyrrole nitrogens is 1. The molecule has 0 bridgehead atoms. The van der Waals surface area contributed by atoms with Crippen LogP contribution in [0.5, 0.6) is 0 Å². The van der Waals surface area contributed by atoms with Gasteiger partial charge in [0, 0.05) is 6.07 Å². The van der Waals surface area contributed by atoms with Crippen LogP contribution in [0.4, 0.5) is 0 Å². The van der Waals surface area contributed by atoms with Gasteiger partial charge >= 0.3 is 5.76 Å². The normalized spacial score (nSPS) is 11.5. The van der Waals surface area contributed by atoms with E-state index in [9.17, 15) is 13.2 Å². The number of hydrogen-bond acceptors (Lipinski definition) is 5. The van der Waals surface area contributed by atoms with Crippen LogP contribution in [0, 0.1) is 11.3 Å². The number of aromatic nitrogens is 1. The van der Waals surface area contributed by atoms with Crippen molar-refractivity contribution in [1.82, 2.24) is 9.71 Å². The molecule has 88 valence electrons.